The topological polar surface area (TPSA) is 59.3 Å². The number of aromatic nitrogens is 3. The Kier molecular flexibility index (Phi) is 4.37. The molecule has 4 aromatic rings. The van der Waals surface area contributed by atoms with Gasteiger partial charge in [0.15, 0.2) is 0 Å². The van der Waals surface area contributed by atoms with E-state index in [0.29, 0.717) is 16.5 Å². The fourth-order valence-corrected chi connectivity index (χ4v) is 2.95. The van der Waals surface area contributed by atoms with Crippen LogP contribution in [0, 0.1) is 0 Å². The van der Waals surface area contributed by atoms with Gasteiger partial charge in [-0.1, -0.05) is 41.9 Å². The molecule has 0 saturated heterocycles. The minimum atomic E-state index is -0.119. The molecule has 26 heavy (non-hydrogen) atoms. The second-order valence-electron chi connectivity index (χ2n) is 5.85. The number of carbonyl (C=O) groups is 1. The van der Waals surface area contributed by atoms with Crippen molar-refractivity contribution in [1.82, 2.24) is 14.4 Å². The Morgan fingerprint density at radius 1 is 1.12 bits per heavy atom. The second kappa shape index (κ2) is 6.98. The molecule has 2 aromatic carbocycles. The van der Waals surface area contributed by atoms with Crippen LogP contribution in [0.1, 0.15) is 5.56 Å². The Bertz CT molecular complexity index is 1060. The molecule has 0 radical (unpaired) electrons. The average molecular weight is 363 g/mol. The van der Waals surface area contributed by atoms with Gasteiger partial charge in [-0.3, -0.25) is 9.20 Å². The number of amides is 1. The highest BCUT2D eigenvalue weighted by Crippen LogP contribution is 2.22. The Labute approximate surface area is 155 Å². The number of nitrogens with one attached hydrogen (secondary N) is 1. The smallest absolute Gasteiger partial charge is 0.234 e. The summed E-state index contributed by atoms with van der Waals surface area (Å²) >= 11 is 6.12. The van der Waals surface area contributed by atoms with Crippen molar-refractivity contribution in [2.75, 3.05) is 5.32 Å². The molecule has 6 heteroatoms. The predicted octanol–water partition coefficient (Wildman–Crippen LogP) is 4.23. The van der Waals surface area contributed by atoms with Crippen molar-refractivity contribution in [2.45, 2.75) is 6.42 Å². The van der Waals surface area contributed by atoms with Crippen LogP contribution in [-0.4, -0.2) is 20.3 Å². The zero-order valence-corrected chi connectivity index (χ0v) is 14.5. The molecule has 4 rings (SSSR count). The largest absolute Gasteiger partial charge is 0.326 e. The van der Waals surface area contributed by atoms with Crippen molar-refractivity contribution < 1.29 is 4.79 Å². The Hall–Kier alpha value is -3.18. The minimum absolute atomic E-state index is 0.119. The molecule has 0 saturated carbocycles. The molecule has 128 valence electrons. The summed E-state index contributed by atoms with van der Waals surface area (Å²) in [5, 5.41) is 3.51. The van der Waals surface area contributed by atoms with Gasteiger partial charge in [0.05, 0.1) is 12.1 Å². The van der Waals surface area contributed by atoms with E-state index in [0.717, 1.165) is 16.8 Å². The second-order valence-corrected chi connectivity index (χ2v) is 6.26. The zero-order chi connectivity index (χ0) is 17.9. The van der Waals surface area contributed by atoms with Crippen molar-refractivity contribution in [2.24, 2.45) is 0 Å². The number of fused-ring (bicyclic) bond motifs is 1. The monoisotopic (exact) mass is 362 g/mol. The maximum Gasteiger partial charge on any atom is 0.234 e. The molecule has 0 atom stereocenters. The molecule has 0 aliphatic carbocycles. The molecular weight excluding hydrogens is 348 g/mol. The minimum Gasteiger partial charge on any atom is -0.326 e. The van der Waals surface area contributed by atoms with Gasteiger partial charge in [-0.2, -0.15) is 0 Å². The van der Waals surface area contributed by atoms with Crippen molar-refractivity contribution in [1.29, 1.82) is 0 Å². The lowest BCUT2D eigenvalue weighted by Gasteiger charge is -2.07. The van der Waals surface area contributed by atoms with Crippen LogP contribution in [-0.2, 0) is 11.2 Å². The third-order valence-electron chi connectivity index (χ3n) is 3.99. The summed E-state index contributed by atoms with van der Waals surface area (Å²) in [6, 6.07) is 16.8. The number of halogens is 1. The lowest BCUT2D eigenvalue weighted by molar-refractivity contribution is -0.115. The van der Waals surface area contributed by atoms with Gasteiger partial charge in [-0.25, -0.2) is 9.97 Å². The van der Waals surface area contributed by atoms with Crippen LogP contribution in [0.25, 0.3) is 17.0 Å². The van der Waals surface area contributed by atoms with Gasteiger partial charge in [-0.05, 0) is 29.8 Å². The number of nitrogens with zero attached hydrogens (tertiary/aromatic N) is 3. The van der Waals surface area contributed by atoms with E-state index in [4.69, 9.17) is 11.6 Å². The van der Waals surface area contributed by atoms with Gasteiger partial charge in [0.2, 0.25) is 11.7 Å². The highest BCUT2D eigenvalue weighted by Gasteiger charge is 2.09. The van der Waals surface area contributed by atoms with Crippen LogP contribution in [0.3, 0.4) is 0 Å². The highest BCUT2D eigenvalue weighted by atomic mass is 35.5. The van der Waals surface area contributed by atoms with E-state index in [2.05, 4.69) is 15.3 Å². The molecule has 0 unspecified atom stereocenters. The van der Waals surface area contributed by atoms with Gasteiger partial charge in [0.25, 0.3) is 0 Å². The molecule has 0 aliphatic heterocycles. The first-order valence-electron chi connectivity index (χ1n) is 8.12. The van der Waals surface area contributed by atoms with E-state index in [1.165, 1.54) is 0 Å². The molecule has 0 aliphatic rings. The third kappa shape index (κ3) is 3.43. The fourth-order valence-electron chi connectivity index (χ4n) is 2.75. The van der Waals surface area contributed by atoms with Gasteiger partial charge in [0, 0.05) is 34.9 Å². The van der Waals surface area contributed by atoms with Crippen molar-refractivity contribution in [3.63, 3.8) is 0 Å². The predicted molar refractivity (Wildman–Crippen MR) is 102 cm³/mol. The molecule has 0 spiro atoms. The van der Waals surface area contributed by atoms with Crippen LogP contribution in [0.15, 0.2) is 73.2 Å². The number of anilines is 1. The number of imidazole rings is 1. The lowest BCUT2D eigenvalue weighted by atomic mass is 10.1. The number of benzene rings is 2. The van der Waals surface area contributed by atoms with Crippen LogP contribution in [0.2, 0.25) is 5.02 Å². The average Bonchev–Trinajstić information content (AvgIpc) is 3.08. The van der Waals surface area contributed by atoms with E-state index >= 15 is 0 Å². The van der Waals surface area contributed by atoms with E-state index in [1.807, 2.05) is 65.3 Å². The van der Waals surface area contributed by atoms with Crippen molar-refractivity contribution >= 4 is 29.0 Å². The van der Waals surface area contributed by atoms with Crippen LogP contribution in [0.4, 0.5) is 5.69 Å². The van der Waals surface area contributed by atoms with E-state index < -0.39 is 0 Å². The summed E-state index contributed by atoms with van der Waals surface area (Å²) in [5.41, 5.74) is 3.22. The highest BCUT2D eigenvalue weighted by molar-refractivity contribution is 6.31. The normalized spacial score (nSPS) is 10.8. The molecule has 1 amide bonds. The van der Waals surface area contributed by atoms with Crippen LogP contribution < -0.4 is 5.32 Å². The first-order chi connectivity index (χ1) is 12.7. The summed E-state index contributed by atoms with van der Waals surface area (Å²) in [6.07, 6.45) is 5.74. The number of rotatable bonds is 4. The van der Waals surface area contributed by atoms with Gasteiger partial charge < -0.3 is 5.32 Å². The zero-order valence-electron chi connectivity index (χ0n) is 13.8. The van der Waals surface area contributed by atoms with E-state index in [1.54, 1.807) is 12.3 Å². The van der Waals surface area contributed by atoms with Crippen LogP contribution >= 0.6 is 11.6 Å². The number of hydrogen-bond acceptors (Lipinski definition) is 3. The van der Waals surface area contributed by atoms with Gasteiger partial charge in [-0.15, -0.1) is 0 Å². The Balaban J connectivity index is 1.54. The summed E-state index contributed by atoms with van der Waals surface area (Å²) in [4.78, 5) is 21.1. The lowest BCUT2D eigenvalue weighted by Crippen LogP contribution is -2.14. The molecule has 1 N–H and O–H groups in total. The number of carbonyl (C=O) groups excluding carboxylic acids is 1. The van der Waals surface area contributed by atoms with E-state index in [9.17, 15) is 4.79 Å². The summed E-state index contributed by atoms with van der Waals surface area (Å²) in [5.74, 6) is 0.516. The SMILES string of the molecule is O=C(Cc1ccccc1Cl)Nc1cccc(-c2cn3cccnc3n2)c1. The van der Waals surface area contributed by atoms with Crippen molar-refractivity contribution in [3.8, 4) is 11.3 Å². The molecular formula is C20H15ClN4O. The maximum absolute atomic E-state index is 12.3. The molecule has 2 heterocycles. The number of hydrogen-bond donors (Lipinski definition) is 1. The van der Waals surface area contributed by atoms with Gasteiger partial charge >= 0.3 is 0 Å². The third-order valence-corrected chi connectivity index (χ3v) is 4.36. The Morgan fingerprint density at radius 2 is 2.00 bits per heavy atom. The van der Waals surface area contributed by atoms with Gasteiger partial charge in [0.1, 0.15) is 0 Å². The summed E-state index contributed by atoms with van der Waals surface area (Å²) in [7, 11) is 0. The van der Waals surface area contributed by atoms with E-state index in [-0.39, 0.29) is 12.3 Å². The summed E-state index contributed by atoms with van der Waals surface area (Å²) < 4.78 is 1.86. The standard InChI is InChI=1S/C20H15ClN4O/c21-17-8-2-1-5-14(17)12-19(26)23-16-7-3-6-15(11-16)18-13-25-10-4-9-22-20(25)24-18/h1-11,13H,12H2,(H,23,26). The first kappa shape index (κ1) is 16.3. The molecule has 0 fully saturated rings. The van der Waals surface area contributed by atoms with Crippen LogP contribution in [0.5, 0.6) is 0 Å². The first-order valence-corrected chi connectivity index (χ1v) is 8.50. The maximum atomic E-state index is 12.3. The molecule has 2 aromatic heterocycles. The quantitative estimate of drug-likeness (QED) is 0.591. The summed E-state index contributed by atoms with van der Waals surface area (Å²) in [6.45, 7) is 0. The molecule has 5 nitrogen and oxygen atoms in total. The Morgan fingerprint density at radius 3 is 2.85 bits per heavy atom. The van der Waals surface area contributed by atoms with Crippen molar-refractivity contribution in [3.05, 3.63) is 83.8 Å². The molecule has 0 bridgehead atoms. The fraction of sp³-hybridized carbons (Fsp3) is 0.0500.